The van der Waals surface area contributed by atoms with Gasteiger partial charge in [-0.3, -0.25) is 9.59 Å². The highest BCUT2D eigenvalue weighted by Gasteiger charge is 2.38. The topological polar surface area (TPSA) is 76.7 Å². The van der Waals surface area contributed by atoms with Crippen molar-refractivity contribution in [2.45, 2.75) is 25.3 Å². The quantitative estimate of drug-likeness (QED) is 0.294. The number of nitrogens with one attached hydrogen (secondary N) is 2. The van der Waals surface area contributed by atoms with Crippen LogP contribution in [0.4, 0.5) is 11.4 Å². The van der Waals surface area contributed by atoms with Gasteiger partial charge in [0.15, 0.2) is 11.5 Å². The molecule has 172 valence electrons. The molecule has 34 heavy (non-hydrogen) atoms. The van der Waals surface area contributed by atoms with Crippen LogP contribution in [0.3, 0.4) is 0 Å². The number of carbonyl (C=O) groups excluding carboxylic acids is 2. The molecule has 5 rings (SSSR count). The van der Waals surface area contributed by atoms with Crippen LogP contribution in [0.15, 0.2) is 78.9 Å². The molecule has 3 aromatic carbocycles. The summed E-state index contributed by atoms with van der Waals surface area (Å²) >= 11 is 0. The number of ether oxygens (including phenoxy) is 2. The van der Waals surface area contributed by atoms with Crippen molar-refractivity contribution in [1.82, 2.24) is 0 Å². The average molecular weight is 455 g/mol. The average Bonchev–Trinajstić information content (AvgIpc) is 3.34. The minimum atomic E-state index is -0.383. The van der Waals surface area contributed by atoms with Crippen molar-refractivity contribution in [2.75, 3.05) is 17.7 Å². The van der Waals surface area contributed by atoms with Gasteiger partial charge >= 0.3 is 5.97 Å². The molecule has 1 aliphatic heterocycles. The predicted octanol–water partition coefficient (Wildman–Crippen LogP) is 5.70. The molecule has 0 fully saturated rings. The lowest BCUT2D eigenvalue weighted by Crippen LogP contribution is -2.29. The van der Waals surface area contributed by atoms with Gasteiger partial charge in [-0.25, -0.2) is 0 Å². The number of allylic oxidation sites excluding steroid dienone is 2. The van der Waals surface area contributed by atoms with Crippen LogP contribution in [-0.2, 0) is 4.79 Å². The Labute approximate surface area is 198 Å². The molecular formula is C28H26N2O4. The van der Waals surface area contributed by atoms with Crippen molar-refractivity contribution >= 4 is 23.3 Å². The van der Waals surface area contributed by atoms with Gasteiger partial charge in [0.2, 0.25) is 0 Å². The van der Waals surface area contributed by atoms with Crippen LogP contribution < -0.4 is 20.1 Å². The maximum Gasteiger partial charge on any atom is 0.308 e. The van der Waals surface area contributed by atoms with Crippen LogP contribution in [0.25, 0.3) is 0 Å². The number of benzene rings is 3. The molecular weight excluding hydrogens is 428 g/mol. The Balaban J connectivity index is 1.43. The molecule has 6 nitrogen and oxygen atoms in total. The zero-order chi connectivity index (χ0) is 23.7. The van der Waals surface area contributed by atoms with Crippen molar-refractivity contribution in [3.63, 3.8) is 0 Å². The molecule has 2 aliphatic rings. The maximum atomic E-state index is 12.6. The third-order valence-electron chi connectivity index (χ3n) is 6.46. The minimum absolute atomic E-state index is 0.0672. The second-order valence-electron chi connectivity index (χ2n) is 8.60. The van der Waals surface area contributed by atoms with E-state index in [9.17, 15) is 9.59 Å². The lowest BCUT2D eigenvalue weighted by molar-refractivity contribution is -0.132. The van der Waals surface area contributed by atoms with E-state index in [4.69, 9.17) is 9.47 Å². The molecule has 1 amide bonds. The van der Waals surface area contributed by atoms with E-state index in [2.05, 4.69) is 28.9 Å². The predicted molar refractivity (Wildman–Crippen MR) is 131 cm³/mol. The Morgan fingerprint density at radius 1 is 1.00 bits per heavy atom. The summed E-state index contributed by atoms with van der Waals surface area (Å²) in [7, 11) is 1.57. The maximum absolute atomic E-state index is 12.6. The van der Waals surface area contributed by atoms with Crippen LogP contribution >= 0.6 is 0 Å². The molecule has 0 spiro atoms. The van der Waals surface area contributed by atoms with E-state index < -0.39 is 0 Å². The Hall–Kier alpha value is -4.06. The van der Waals surface area contributed by atoms with Crippen LogP contribution in [-0.4, -0.2) is 19.0 Å². The summed E-state index contributed by atoms with van der Waals surface area (Å²) in [6.45, 7) is 1.37. The first-order valence-corrected chi connectivity index (χ1v) is 11.3. The van der Waals surface area contributed by atoms with Crippen LogP contribution in [0.1, 0.15) is 46.8 Å². The Morgan fingerprint density at radius 2 is 1.82 bits per heavy atom. The van der Waals surface area contributed by atoms with Crippen LogP contribution in [0.2, 0.25) is 0 Å². The Bertz CT molecular complexity index is 1270. The zero-order valence-electron chi connectivity index (χ0n) is 19.1. The van der Waals surface area contributed by atoms with E-state index in [1.807, 2.05) is 42.5 Å². The van der Waals surface area contributed by atoms with Gasteiger partial charge in [-0.05, 0) is 65.9 Å². The molecule has 6 heteroatoms. The number of methoxy groups -OCH3 is 1. The molecule has 0 saturated carbocycles. The first kappa shape index (κ1) is 21.8. The van der Waals surface area contributed by atoms with Crippen molar-refractivity contribution in [1.29, 1.82) is 0 Å². The first-order chi connectivity index (χ1) is 16.5. The van der Waals surface area contributed by atoms with E-state index in [1.165, 1.54) is 12.5 Å². The van der Waals surface area contributed by atoms with Gasteiger partial charge in [-0.2, -0.15) is 0 Å². The molecule has 3 atom stereocenters. The van der Waals surface area contributed by atoms with E-state index >= 15 is 0 Å². The largest absolute Gasteiger partial charge is 0.493 e. The summed E-state index contributed by atoms with van der Waals surface area (Å²) in [5.74, 6) is 0.981. The van der Waals surface area contributed by atoms with Crippen molar-refractivity contribution in [3.05, 3.63) is 95.6 Å². The zero-order valence-corrected chi connectivity index (χ0v) is 19.1. The Kier molecular flexibility index (Phi) is 5.80. The smallest absolute Gasteiger partial charge is 0.308 e. The molecule has 3 unspecified atom stereocenters. The van der Waals surface area contributed by atoms with Gasteiger partial charge in [-0.15, -0.1) is 0 Å². The van der Waals surface area contributed by atoms with Crippen LogP contribution in [0, 0.1) is 5.92 Å². The SMILES string of the molecule is COc1cc(C2Nc3ccc(NC(=O)c4ccccc4)cc3C3C=CCC32)ccc1OC(C)=O. The highest BCUT2D eigenvalue weighted by atomic mass is 16.6. The van der Waals surface area contributed by atoms with Crippen molar-refractivity contribution < 1.29 is 19.1 Å². The number of hydrogen-bond acceptors (Lipinski definition) is 5. The van der Waals surface area contributed by atoms with E-state index in [0.717, 1.165) is 23.4 Å². The number of esters is 1. The monoisotopic (exact) mass is 454 g/mol. The molecule has 1 heterocycles. The number of anilines is 2. The second-order valence-corrected chi connectivity index (χ2v) is 8.60. The molecule has 0 radical (unpaired) electrons. The standard InChI is InChI=1S/C28H26N2O4/c1-17(31)34-25-14-11-19(15-26(25)33-2)27-22-10-6-9-21(22)23-16-20(12-13-24(23)30-27)29-28(32)18-7-4-3-5-8-18/h3-9,11-16,21-22,27,30H,10H2,1-2H3,(H,29,32). The van der Waals surface area contributed by atoms with Gasteiger partial charge in [0.05, 0.1) is 13.2 Å². The number of carbonyl (C=O) groups is 2. The normalized spacial score (nSPS) is 20.0. The van der Waals surface area contributed by atoms with Gasteiger partial charge in [0.25, 0.3) is 5.91 Å². The molecule has 0 saturated heterocycles. The highest BCUT2D eigenvalue weighted by molar-refractivity contribution is 6.04. The van der Waals surface area contributed by atoms with E-state index in [-0.39, 0.29) is 23.8 Å². The van der Waals surface area contributed by atoms with Gasteiger partial charge in [0, 0.05) is 29.8 Å². The number of fused-ring (bicyclic) bond motifs is 3. The lowest BCUT2D eigenvalue weighted by atomic mass is 9.77. The molecule has 1 aliphatic carbocycles. The van der Waals surface area contributed by atoms with E-state index in [0.29, 0.717) is 23.0 Å². The number of rotatable bonds is 5. The summed E-state index contributed by atoms with van der Waals surface area (Å²) in [5.41, 5.74) is 4.68. The van der Waals surface area contributed by atoms with Crippen LogP contribution in [0.5, 0.6) is 11.5 Å². The summed E-state index contributed by atoms with van der Waals surface area (Å²) in [5, 5.41) is 6.71. The summed E-state index contributed by atoms with van der Waals surface area (Å²) in [6.07, 6.45) is 5.42. The van der Waals surface area contributed by atoms with Gasteiger partial charge in [-0.1, -0.05) is 36.4 Å². The minimum Gasteiger partial charge on any atom is -0.493 e. The molecule has 0 aromatic heterocycles. The van der Waals surface area contributed by atoms with E-state index in [1.54, 1.807) is 25.3 Å². The third-order valence-corrected chi connectivity index (χ3v) is 6.46. The molecule has 0 bridgehead atoms. The van der Waals surface area contributed by atoms with Crippen molar-refractivity contribution in [2.24, 2.45) is 5.92 Å². The third kappa shape index (κ3) is 4.15. The van der Waals surface area contributed by atoms with Gasteiger partial charge in [0.1, 0.15) is 0 Å². The summed E-state index contributed by atoms with van der Waals surface area (Å²) in [4.78, 5) is 24.0. The fraction of sp³-hybridized carbons (Fsp3) is 0.214. The summed E-state index contributed by atoms with van der Waals surface area (Å²) in [6, 6.07) is 21.0. The fourth-order valence-electron chi connectivity index (χ4n) is 4.91. The lowest BCUT2D eigenvalue weighted by Gasteiger charge is -2.38. The Morgan fingerprint density at radius 3 is 2.59 bits per heavy atom. The first-order valence-electron chi connectivity index (χ1n) is 11.3. The number of hydrogen-bond donors (Lipinski definition) is 2. The van der Waals surface area contributed by atoms with Crippen molar-refractivity contribution in [3.8, 4) is 11.5 Å². The summed E-state index contributed by atoms with van der Waals surface area (Å²) < 4.78 is 10.8. The molecule has 2 N–H and O–H groups in total. The van der Waals surface area contributed by atoms with Gasteiger partial charge < -0.3 is 20.1 Å². The second kappa shape index (κ2) is 9.06. The highest BCUT2D eigenvalue weighted by Crippen LogP contribution is 2.51. The fourth-order valence-corrected chi connectivity index (χ4v) is 4.91. The molecule has 3 aromatic rings. The number of amides is 1.